The highest BCUT2D eigenvalue weighted by Crippen LogP contribution is 2.18. The minimum Gasteiger partial charge on any atom is -0.351 e. The smallest absolute Gasteiger partial charge is 0.270 e. The maximum absolute atomic E-state index is 14.0. The van der Waals surface area contributed by atoms with E-state index < -0.39 is 26.7 Å². The van der Waals surface area contributed by atoms with E-state index in [0.717, 1.165) is 6.07 Å². The van der Waals surface area contributed by atoms with Crippen LogP contribution in [-0.4, -0.2) is 42.1 Å². The minimum absolute atomic E-state index is 0.0443. The number of hydrogen-bond donors (Lipinski definition) is 2. The van der Waals surface area contributed by atoms with Gasteiger partial charge in [-0.2, -0.15) is 5.10 Å². The van der Waals surface area contributed by atoms with Gasteiger partial charge < -0.3 is 5.32 Å². The molecule has 2 aromatic carbocycles. The van der Waals surface area contributed by atoms with Gasteiger partial charge in [0.25, 0.3) is 11.6 Å². The number of hydrogen-bond acceptors (Lipinski definition) is 6. The molecule has 0 atom stereocenters. The molecule has 0 spiro atoms. The molecule has 2 N–H and O–H groups in total. The lowest BCUT2D eigenvalue weighted by Crippen LogP contribution is -2.34. The zero-order chi connectivity index (χ0) is 22.6. The van der Waals surface area contributed by atoms with Crippen LogP contribution < -0.4 is 10.0 Å². The number of nitrogens with one attached hydrogen (secondary N) is 2. The van der Waals surface area contributed by atoms with Crippen molar-refractivity contribution in [2.24, 2.45) is 0 Å². The van der Waals surface area contributed by atoms with Crippen molar-refractivity contribution < 1.29 is 22.5 Å². The largest absolute Gasteiger partial charge is 0.351 e. The number of halogens is 1. The Kier molecular flexibility index (Phi) is 6.42. The van der Waals surface area contributed by atoms with Gasteiger partial charge in [0, 0.05) is 25.2 Å². The molecule has 0 saturated carbocycles. The minimum atomic E-state index is -3.99. The summed E-state index contributed by atoms with van der Waals surface area (Å²) in [7, 11) is -3.99. The average molecular weight is 447 g/mol. The standard InChI is InChI=1S/C19H18FN5O5S/c1-13-16(12-22-24(13)18-8-3-2-7-17(18)20)19(26)21-9-10-23-31(29,30)15-6-4-5-14(11-15)25(27)28/h2-8,11-12,23H,9-10H2,1H3,(H,21,26). The summed E-state index contributed by atoms with van der Waals surface area (Å²) >= 11 is 0. The van der Waals surface area contributed by atoms with Gasteiger partial charge in [-0.25, -0.2) is 22.2 Å². The van der Waals surface area contributed by atoms with Crippen molar-refractivity contribution in [2.45, 2.75) is 11.8 Å². The molecule has 0 unspecified atom stereocenters. The fourth-order valence-corrected chi connectivity index (χ4v) is 3.87. The molecule has 1 aromatic heterocycles. The van der Waals surface area contributed by atoms with Crippen LogP contribution in [0.15, 0.2) is 59.6 Å². The van der Waals surface area contributed by atoms with Crippen LogP contribution in [0.2, 0.25) is 0 Å². The van der Waals surface area contributed by atoms with Crippen LogP contribution in [0.3, 0.4) is 0 Å². The highest BCUT2D eigenvalue weighted by molar-refractivity contribution is 7.89. The summed E-state index contributed by atoms with van der Waals surface area (Å²) in [4.78, 5) is 22.3. The second-order valence-electron chi connectivity index (χ2n) is 6.42. The summed E-state index contributed by atoms with van der Waals surface area (Å²) in [5.74, 6) is -0.995. The van der Waals surface area contributed by atoms with Crippen molar-refractivity contribution in [3.05, 3.63) is 81.9 Å². The predicted octanol–water partition coefficient (Wildman–Crippen LogP) is 1.94. The first kappa shape index (κ1) is 22.1. The number of nitrogens with zero attached hydrogens (tertiary/aromatic N) is 3. The van der Waals surface area contributed by atoms with Gasteiger partial charge >= 0.3 is 0 Å². The second kappa shape index (κ2) is 9.02. The van der Waals surface area contributed by atoms with Crippen LogP contribution in [0.1, 0.15) is 16.1 Å². The van der Waals surface area contributed by atoms with E-state index in [9.17, 15) is 27.7 Å². The van der Waals surface area contributed by atoms with Gasteiger partial charge in [0.2, 0.25) is 10.0 Å². The molecule has 0 aliphatic carbocycles. The molecule has 10 nitrogen and oxygen atoms in total. The quantitative estimate of drug-likeness (QED) is 0.308. The Morgan fingerprint density at radius 1 is 1.19 bits per heavy atom. The number of amides is 1. The Labute approximate surface area is 176 Å². The maximum atomic E-state index is 14.0. The van der Waals surface area contributed by atoms with E-state index in [1.807, 2.05) is 0 Å². The van der Waals surface area contributed by atoms with Gasteiger partial charge in [-0.1, -0.05) is 18.2 Å². The zero-order valence-corrected chi connectivity index (χ0v) is 17.1. The SMILES string of the molecule is Cc1c(C(=O)NCCNS(=O)(=O)c2cccc([N+](=O)[O-])c2)cnn1-c1ccccc1F. The third kappa shape index (κ3) is 4.92. The van der Waals surface area contributed by atoms with E-state index in [2.05, 4.69) is 15.1 Å². The van der Waals surface area contributed by atoms with Gasteiger partial charge in [-0.15, -0.1) is 0 Å². The number of carbonyl (C=O) groups is 1. The Bertz CT molecular complexity index is 1240. The van der Waals surface area contributed by atoms with Crippen LogP contribution in [-0.2, 0) is 10.0 Å². The number of para-hydroxylation sites is 1. The van der Waals surface area contributed by atoms with Crippen LogP contribution >= 0.6 is 0 Å². The number of nitro groups is 1. The number of sulfonamides is 1. The Balaban J connectivity index is 1.60. The fraction of sp³-hybridized carbons (Fsp3) is 0.158. The molecule has 12 heteroatoms. The summed E-state index contributed by atoms with van der Waals surface area (Å²) < 4.78 is 42.1. The van der Waals surface area contributed by atoms with Crippen LogP contribution in [0.25, 0.3) is 5.69 Å². The first-order valence-electron chi connectivity index (χ1n) is 9.02. The lowest BCUT2D eigenvalue weighted by Gasteiger charge is -2.09. The van der Waals surface area contributed by atoms with Gasteiger partial charge in [0.15, 0.2) is 0 Å². The van der Waals surface area contributed by atoms with E-state index in [0.29, 0.717) is 5.69 Å². The highest BCUT2D eigenvalue weighted by atomic mass is 32.2. The lowest BCUT2D eigenvalue weighted by atomic mass is 10.2. The normalized spacial score (nSPS) is 11.3. The van der Waals surface area contributed by atoms with Gasteiger partial charge in [-0.3, -0.25) is 14.9 Å². The van der Waals surface area contributed by atoms with Crippen molar-refractivity contribution in [1.29, 1.82) is 0 Å². The first-order chi connectivity index (χ1) is 14.7. The third-order valence-corrected chi connectivity index (χ3v) is 5.84. The van der Waals surface area contributed by atoms with Gasteiger partial charge in [-0.05, 0) is 25.1 Å². The molecule has 0 aliphatic heterocycles. The molecule has 0 bridgehead atoms. The molecular formula is C19H18FN5O5S. The van der Waals surface area contributed by atoms with Gasteiger partial charge in [0.1, 0.15) is 11.5 Å². The maximum Gasteiger partial charge on any atom is 0.270 e. The summed E-state index contributed by atoms with van der Waals surface area (Å²) in [5, 5.41) is 17.4. The van der Waals surface area contributed by atoms with E-state index in [1.54, 1.807) is 19.1 Å². The Morgan fingerprint density at radius 3 is 2.65 bits per heavy atom. The molecule has 3 rings (SSSR count). The van der Waals surface area contributed by atoms with Crippen molar-refractivity contribution in [3.8, 4) is 5.69 Å². The number of benzene rings is 2. The Hall–Kier alpha value is -3.64. The van der Waals surface area contributed by atoms with Gasteiger partial charge in [0.05, 0.1) is 27.3 Å². The summed E-state index contributed by atoms with van der Waals surface area (Å²) in [6.07, 6.45) is 1.30. The van der Waals surface area contributed by atoms with Crippen molar-refractivity contribution in [1.82, 2.24) is 19.8 Å². The zero-order valence-electron chi connectivity index (χ0n) is 16.3. The fourth-order valence-electron chi connectivity index (χ4n) is 2.80. The molecule has 0 aliphatic rings. The number of rotatable bonds is 8. The summed E-state index contributed by atoms with van der Waals surface area (Å²) in [6.45, 7) is 1.42. The molecule has 0 fully saturated rings. The molecule has 31 heavy (non-hydrogen) atoms. The second-order valence-corrected chi connectivity index (χ2v) is 8.18. The van der Waals surface area contributed by atoms with E-state index >= 15 is 0 Å². The summed E-state index contributed by atoms with van der Waals surface area (Å²) in [6, 6.07) is 10.6. The average Bonchev–Trinajstić information content (AvgIpc) is 3.12. The number of non-ortho nitro benzene ring substituents is 1. The molecule has 1 heterocycles. The predicted molar refractivity (Wildman–Crippen MR) is 109 cm³/mol. The van der Waals surface area contributed by atoms with Crippen LogP contribution in [0.4, 0.5) is 10.1 Å². The molecule has 162 valence electrons. The van der Waals surface area contributed by atoms with Crippen molar-refractivity contribution in [2.75, 3.05) is 13.1 Å². The van der Waals surface area contributed by atoms with E-state index in [1.165, 1.54) is 41.2 Å². The number of aromatic nitrogens is 2. The molecule has 1 amide bonds. The van der Waals surface area contributed by atoms with Crippen molar-refractivity contribution >= 4 is 21.6 Å². The molecule has 3 aromatic rings. The number of nitro benzene ring substituents is 1. The highest BCUT2D eigenvalue weighted by Gasteiger charge is 2.19. The van der Waals surface area contributed by atoms with E-state index in [4.69, 9.17) is 0 Å². The number of carbonyl (C=O) groups excluding carboxylic acids is 1. The Morgan fingerprint density at radius 2 is 1.94 bits per heavy atom. The molecular weight excluding hydrogens is 429 g/mol. The first-order valence-corrected chi connectivity index (χ1v) is 10.5. The monoisotopic (exact) mass is 447 g/mol. The molecule has 0 radical (unpaired) electrons. The lowest BCUT2D eigenvalue weighted by molar-refractivity contribution is -0.385. The van der Waals surface area contributed by atoms with Crippen LogP contribution in [0.5, 0.6) is 0 Å². The topological polar surface area (TPSA) is 136 Å². The van der Waals surface area contributed by atoms with E-state index in [-0.39, 0.29) is 34.9 Å². The molecule has 0 saturated heterocycles. The third-order valence-electron chi connectivity index (χ3n) is 4.38. The van der Waals surface area contributed by atoms with Crippen LogP contribution in [0, 0.1) is 22.9 Å². The van der Waals surface area contributed by atoms with Crippen molar-refractivity contribution in [3.63, 3.8) is 0 Å². The summed E-state index contributed by atoms with van der Waals surface area (Å²) in [5.41, 5.74) is 0.479.